The van der Waals surface area contributed by atoms with E-state index in [0.717, 1.165) is 11.1 Å². The van der Waals surface area contributed by atoms with Crippen LogP contribution in [0.25, 0.3) is 0 Å². The molecule has 0 saturated carbocycles. The van der Waals surface area contributed by atoms with Crippen molar-refractivity contribution in [2.45, 2.75) is 40.2 Å². The molecule has 4 nitrogen and oxygen atoms in total. The number of carbonyl (C=O) groups is 1. The summed E-state index contributed by atoms with van der Waals surface area (Å²) in [5.74, 6) is 1.35. The van der Waals surface area contributed by atoms with Crippen molar-refractivity contribution in [3.63, 3.8) is 0 Å². The molecule has 0 heterocycles. The van der Waals surface area contributed by atoms with Gasteiger partial charge in [-0.3, -0.25) is 4.79 Å². The van der Waals surface area contributed by atoms with E-state index in [2.05, 4.69) is 38.2 Å². The Bertz CT molecular complexity index is 768. The Balaban J connectivity index is 2.14. The summed E-state index contributed by atoms with van der Waals surface area (Å²) in [6, 6.07) is 9.74. The van der Waals surface area contributed by atoms with Crippen LogP contribution >= 0.6 is 0 Å². The lowest BCUT2D eigenvalue weighted by molar-refractivity contribution is -0.121. The number of aryl methyl sites for hydroxylation is 3. The third kappa shape index (κ3) is 4.53. The summed E-state index contributed by atoms with van der Waals surface area (Å²) < 4.78 is 10.6. The summed E-state index contributed by atoms with van der Waals surface area (Å²) in [5.41, 5.74) is 5.64. The van der Waals surface area contributed by atoms with Crippen LogP contribution in [0.3, 0.4) is 0 Å². The first kappa shape index (κ1) is 18.8. The van der Waals surface area contributed by atoms with Crippen molar-refractivity contribution in [2.75, 3.05) is 14.2 Å². The quantitative estimate of drug-likeness (QED) is 0.862. The van der Waals surface area contributed by atoms with Gasteiger partial charge in [0.05, 0.1) is 26.7 Å². The third-order valence-corrected chi connectivity index (χ3v) is 4.56. The van der Waals surface area contributed by atoms with E-state index < -0.39 is 0 Å². The summed E-state index contributed by atoms with van der Waals surface area (Å²) in [5, 5.41) is 3.09. The average Bonchev–Trinajstić information content (AvgIpc) is 2.57. The molecule has 4 heteroatoms. The molecule has 0 saturated heterocycles. The number of nitrogens with one attached hydrogen (secondary N) is 1. The number of hydrogen-bond donors (Lipinski definition) is 1. The molecule has 0 radical (unpaired) electrons. The zero-order valence-electron chi connectivity index (χ0n) is 15.9. The molecule has 2 aromatic carbocycles. The topological polar surface area (TPSA) is 47.6 Å². The van der Waals surface area contributed by atoms with Crippen LogP contribution in [0, 0.1) is 20.8 Å². The Kier molecular flexibility index (Phi) is 6.07. The molecule has 0 spiro atoms. The minimum absolute atomic E-state index is 0.0447. The smallest absolute Gasteiger partial charge is 0.225 e. The molecule has 134 valence electrons. The second-order valence-electron chi connectivity index (χ2n) is 6.44. The largest absolute Gasteiger partial charge is 0.497 e. The monoisotopic (exact) mass is 341 g/mol. The first-order chi connectivity index (χ1) is 11.8. The number of benzene rings is 2. The van der Waals surface area contributed by atoms with Crippen LogP contribution in [0.1, 0.15) is 40.8 Å². The molecular weight excluding hydrogens is 314 g/mol. The first-order valence-electron chi connectivity index (χ1n) is 8.43. The van der Waals surface area contributed by atoms with Crippen molar-refractivity contribution < 1.29 is 14.3 Å². The minimum Gasteiger partial charge on any atom is -0.497 e. The van der Waals surface area contributed by atoms with E-state index in [4.69, 9.17) is 9.47 Å². The molecule has 2 aromatic rings. The Labute approximate surface area is 150 Å². The van der Waals surface area contributed by atoms with E-state index >= 15 is 0 Å². The maximum absolute atomic E-state index is 12.5. The highest BCUT2D eigenvalue weighted by Crippen LogP contribution is 2.25. The normalized spacial score (nSPS) is 11.8. The zero-order chi connectivity index (χ0) is 18.6. The summed E-state index contributed by atoms with van der Waals surface area (Å²) in [7, 11) is 3.21. The van der Waals surface area contributed by atoms with Crippen molar-refractivity contribution in [1.29, 1.82) is 0 Å². The van der Waals surface area contributed by atoms with E-state index in [1.807, 2.05) is 25.1 Å². The highest BCUT2D eigenvalue weighted by atomic mass is 16.5. The summed E-state index contributed by atoms with van der Waals surface area (Å²) in [4.78, 5) is 12.5. The molecule has 0 bridgehead atoms. The van der Waals surface area contributed by atoms with E-state index in [0.29, 0.717) is 11.5 Å². The van der Waals surface area contributed by atoms with Crippen molar-refractivity contribution in [3.05, 3.63) is 58.1 Å². The lowest BCUT2D eigenvalue weighted by atomic mass is 9.96. The molecular formula is C21H27NO3. The van der Waals surface area contributed by atoms with Crippen molar-refractivity contribution >= 4 is 5.91 Å². The Morgan fingerprint density at radius 3 is 2.32 bits per heavy atom. The van der Waals surface area contributed by atoms with Gasteiger partial charge in [-0.15, -0.1) is 0 Å². The summed E-state index contributed by atoms with van der Waals surface area (Å²) in [6.45, 7) is 8.28. The molecule has 0 aliphatic rings. The van der Waals surface area contributed by atoms with E-state index in [9.17, 15) is 4.79 Å². The number of amides is 1. The summed E-state index contributed by atoms with van der Waals surface area (Å²) in [6.07, 6.45) is 0.245. The predicted molar refractivity (Wildman–Crippen MR) is 100 cm³/mol. The lowest BCUT2D eigenvalue weighted by Gasteiger charge is -2.19. The first-order valence-corrected chi connectivity index (χ1v) is 8.43. The van der Waals surface area contributed by atoms with Gasteiger partial charge in [0, 0.05) is 5.56 Å². The molecule has 0 unspecified atom stereocenters. The van der Waals surface area contributed by atoms with Gasteiger partial charge < -0.3 is 14.8 Å². The molecule has 2 rings (SSSR count). The van der Waals surface area contributed by atoms with Crippen LogP contribution in [-0.4, -0.2) is 20.1 Å². The van der Waals surface area contributed by atoms with Gasteiger partial charge in [-0.05, 0) is 68.1 Å². The number of methoxy groups -OCH3 is 2. The van der Waals surface area contributed by atoms with Gasteiger partial charge >= 0.3 is 0 Å². The third-order valence-electron chi connectivity index (χ3n) is 4.56. The minimum atomic E-state index is -0.0524. The molecule has 1 amide bonds. The van der Waals surface area contributed by atoms with Gasteiger partial charge in [0.25, 0.3) is 0 Å². The number of carbonyl (C=O) groups excluding carboxylic acids is 1. The maximum Gasteiger partial charge on any atom is 0.225 e. The van der Waals surface area contributed by atoms with Gasteiger partial charge in [-0.2, -0.15) is 0 Å². The van der Waals surface area contributed by atoms with Gasteiger partial charge in [0.1, 0.15) is 11.5 Å². The fourth-order valence-electron chi connectivity index (χ4n) is 3.01. The number of ether oxygens (including phenoxy) is 2. The van der Waals surface area contributed by atoms with Crippen LogP contribution in [-0.2, 0) is 11.2 Å². The van der Waals surface area contributed by atoms with Crippen LogP contribution in [0.4, 0.5) is 0 Å². The van der Waals surface area contributed by atoms with Gasteiger partial charge in [0.2, 0.25) is 5.91 Å². The van der Waals surface area contributed by atoms with Crippen LogP contribution in [0.15, 0.2) is 30.3 Å². The van der Waals surface area contributed by atoms with Crippen molar-refractivity contribution in [1.82, 2.24) is 5.32 Å². The fraction of sp³-hybridized carbons (Fsp3) is 0.381. The Morgan fingerprint density at radius 2 is 1.68 bits per heavy atom. The summed E-state index contributed by atoms with van der Waals surface area (Å²) >= 11 is 0. The van der Waals surface area contributed by atoms with E-state index in [-0.39, 0.29) is 18.4 Å². The van der Waals surface area contributed by atoms with Gasteiger partial charge in [-0.1, -0.05) is 12.1 Å². The highest BCUT2D eigenvalue weighted by molar-refractivity contribution is 5.80. The standard InChI is InChI=1S/C21H27NO3/c1-13-9-15(3)19(10-14(13)2)16(4)22-21(23)12-17-11-18(24-5)7-8-20(17)25-6/h7-11,16H,12H2,1-6H3,(H,22,23)/t16-/m0/s1. The highest BCUT2D eigenvalue weighted by Gasteiger charge is 2.15. The Morgan fingerprint density at radius 1 is 1.00 bits per heavy atom. The molecule has 0 fully saturated rings. The number of rotatable bonds is 6. The second kappa shape index (κ2) is 8.06. The second-order valence-corrected chi connectivity index (χ2v) is 6.44. The molecule has 0 aromatic heterocycles. The Hall–Kier alpha value is -2.49. The maximum atomic E-state index is 12.5. The fourth-order valence-corrected chi connectivity index (χ4v) is 3.01. The molecule has 1 N–H and O–H groups in total. The van der Waals surface area contributed by atoms with Crippen molar-refractivity contribution in [3.8, 4) is 11.5 Å². The molecule has 0 aliphatic carbocycles. The molecule has 1 atom stereocenters. The lowest BCUT2D eigenvalue weighted by Crippen LogP contribution is -2.28. The zero-order valence-corrected chi connectivity index (χ0v) is 15.9. The van der Waals surface area contributed by atoms with Crippen LogP contribution in [0.2, 0.25) is 0 Å². The van der Waals surface area contributed by atoms with Gasteiger partial charge in [0.15, 0.2) is 0 Å². The number of hydrogen-bond acceptors (Lipinski definition) is 3. The average molecular weight is 341 g/mol. The van der Waals surface area contributed by atoms with Gasteiger partial charge in [-0.25, -0.2) is 0 Å². The SMILES string of the molecule is COc1ccc(OC)c(CC(=O)N[C@@H](C)c2cc(C)c(C)cc2C)c1. The molecule has 0 aliphatic heterocycles. The predicted octanol–water partition coefficient (Wildman–Crippen LogP) is 4.05. The van der Waals surface area contributed by atoms with E-state index in [1.165, 1.54) is 16.7 Å². The van der Waals surface area contributed by atoms with Crippen LogP contribution < -0.4 is 14.8 Å². The van der Waals surface area contributed by atoms with E-state index in [1.54, 1.807) is 14.2 Å². The molecule has 25 heavy (non-hydrogen) atoms. The van der Waals surface area contributed by atoms with Crippen molar-refractivity contribution in [2.24, 2.45) is 0 Å². The van der Waals surface area contributed by atoms with Crippen LogP contribution in [0.5, 0.6) is 11.5 Å².